The molecule has 0 spiro atoms. The van der Waals surface area contributed by atoms with E-state index in [1.54, 1.807) is 41.5 Å². The number of fused-ring (bicyclic) bond motifs is 1. The summed E-state index contributed by atoms with van der Waals surface area (Å²) in [6.07, 6.45) is 6.44. The van der Waals surface area contributed by atoms with Gasteiger partial charge in [-0.3, -0.25) is 19.0 Å². The number of pyridine rings is 1. The second-order valence-corrected chi connectivity index (χ2v) is 5.74. The molecule has 6 nitrogen and oxygen atoms in total. The summed E-state index contributed by atoms with van der Waals surface area (Å²) in [5.74, 6) is -0.241. The minimum absolute atomic E-state index is 0.00558. The van der Waals surface area contributed by atoms with Crippen LogP contribution in [0.5, 0.6) is 0 Å². The molecule has 0 aliphatic carbocycles. The lowest BCUT2D eigenvalue weighted by molar-refractivity contribution is 0.0973. The molecule has 0 aliphatic heterocycles. The Balaban J connectivity index is 1.74. The Morgan fingerprint density at radius 3 is 2.50 bits per heavy atom. The number of ketones is 1. The Kier molecular flexibility index (Phi) is 3.89. The number of hydrogen-bond acceptors (Lipinski definition) is 4. The molecule has 3 aromatic heterocycles. The Morgan fingerprint density at radius 1 is 1.04 bits per heavy atom. The Labute approximate surface area is 147 Å². The molecule has 1 aromatic carbocycles. The second-order valence-electron chi connectivity index (χ2n) is 5.74. The summed E-state index contributed by atoms with van der Waals surface area (Å²) in [7, 11) is 0. The molecule has 0 unspecified atom stereocenters. The lowest BCUT2D eigenvalue weighted by Crippen LogP contribution is -2.16. The van der Waals surface area contributed by atoms with Crippen LogP contribution in [0.4, 0.5) is 4.39 Å². The topological polar surface area (TPSA) is 69.3 Å². The van der Waals surface area contributed by atoms with Gasteiger partial charge in [-0.2, -0.15) is 0 Å². The van der Waals surface area contributed by atoms with Gasteiger partial charge in [0, 0.05) is 42.0 Å². The molecule has 4 rings (SSSR count). The van der Waals surface area contributed by atoms with Crippen molar-refractivity contribution < 1.29 is 9.18 Å². The number of benzene rings is 1. The van der Waals surface area contributed by atoms with E-state index in [4.69, 9.17) is 0 Å². The van der Waals surface area contributed by atoms with Gasteiger partial charge in [-0.25, -0.2) is 9.37 Å². The first-order valence-corrected chi connectivity index (χ1v) is 7.89. The molecule has 0 saturated heterocycles. The third-order valence-electron chi connectivity index (χ3n) is 4.04. The van der Waals surface area contributed by atoms with E-state index in [2.05, 4.69) is 9.97 Å². The van der Waals surface area contributed by atoms with E-state index in [1.165, 1.54) is 34.7 Å². The summed E-state index contributed by atoms with van der Waals surface area (Å²) in [4.78, 5) is 33.3. The molecule has 0 radical (unpaired) electrons. The van der Waals surface area contributed by atoms with Crippen molar-refractivity contribution in [1.29, 1.82) is 0 Å². The Hall–Kier alpha value is -3.61. The van der Waals surface area contributed by atoms with Gasteiger partial charge in [-0.15, -0.1) is 0 Å². The molecule has 0 fully saturated rings. The van der Waals surface area contributed by atoms with Crippen molar-refractivity contribution in [3.63, 3.8) is 0 Å². The summed E-state index contributed by atoms with van der Waals surface area (Å²) in [5, 5.41) is 0. The highest BCUT2D eigenvalue weighted by molar-refractivity contribution is 5.96. The van der Waals surface area contributed by atoms with Crippen LogP contribution in [0.15, 0.2) is 72.0 Å². The quantitative estimate of drug-likeness (QED) is 0.532. The minimum atomic E-state index is -0.400. The number of rotatable bonds is 4. The van der Waals surface area contributed by atoms with Gasteiger partial charge in [0.15, 0.2) is 5.78 Å². The van der Waals surface area contributed by atoms with Crippen LogP contribution in [0, 0.1) is 5.82 Å². The van der Waals surface area contributed by atoms with Gasteiger partial charge in [0.05, 0.1) is 12.2 Å². The highest BCUT2D eigenvalue weighted by Gasteiger charge is 2.12. The fraction of sp³-hybridized carbons (Fsp3) is 0.0526. The van der Waals surface area contributed by atoms with E-state index < -0.39 is 5.82 Å². The first-order chi connectivity index (χ1) is 12.6. The first-order valence-electron chi connectivity index (χ1n) is 7.89. The molecule has 7 heteroatoms. The molecular weight excluding hydrogens is 335 g/mol. The monoisotopic (exact) mass is 348 g/mol. The van der Waals surface area contributed by atoms with Crippen LogP contribution < -0.4 is 5.56 Å². The average molecular weight is 348 g/mol. The molecule has 0 atom stereocenters. The molecular formula is C19H13FN4O2. The zero-order chi connectivity index (χ0) is 18.1. The molecule has 0 N–H and O–H groups in total. The summed E-state index contributed by atoms with van der Waals surface area (Å²) in [6, 6.07) is 10.3. The summed E-state index contributed by atoms with van der Waals surface area (Å²) in [5.41, 5.74) is 1.42. The average Bonchev–Trinajstić information content (AvgIpc) is 3.06. The lowest BCUT2D eigenvalue weighted by atomic mass is 10.1. The zero-order valence-corrected chi connectivity index (χ0v) is 13.5. The SMILES string of the molecule is O=C(Cn1ccn2c(=O)cc(-c3ccncc3)nc12)c1ccc(F)cc1. The highest BCUT2D eigenvalue weighted by atomic mass is 19.1. The van der Waals surface area contributed by atoms with Gasteiger partial charge >= 0.3 is 0 Å². The third-order valence-corrected chi connectivity index (χ3v) is 4.04. The van der Waals surface area contributed by atoms with Crippen LogP contribution in [-0.2, 0) is 6.54 Å². The molecule has 128 valence electrons. The van der Waals surface area contributed by atoms with Gasteiger partial charge in [-0.05, 0) is 36.4 Å². The number of hydrogen-bond donors (Lipinski definition) is 0. The molecule has 4 aromatic rings. The number of aromatic nitrogens is 4. The maximum Gasteiger partial charge on any atom is 0.259 e. The van der Waals surface area contributed by atoms with Crippen molar-refractivity contribution in [1.82, 2.24) is 18.9 Å². The number of Topliss-reactive ketones (excluding diaryl/α,β-unsaturated/α-hetero) is 1. The number of nitrogens with zero attached hydrogens (tertiary/aromatic N) is 4. The summed E-state index contributed by atoms with van der Waals surface area (Å²) < 4.78 is 16.0. The highest BCUT2D eigenvalue weighted by Crippen LogP contribution is 2.15. The van der Waals surface area contributed by atoms with E-state index in [-0.39, 0.29) is 17.9 Å². The second kappa shape index (κ2) is 6.36. The van der Waals surface area contributed by atoms with E-state index in [1.807, 2.05) is 0 Å². The third kappa shape index (κ3) is 2.90. The van der Waals surface area contributed by atoms with Gasteiger partial charge < -0.3 is 4.57 Å². The van der Waals surface area contributed by atoms with Crippen LogP contribution in [0.1, 0.15) is 10.4 Å². The van der Waals surface area contributed by atoms with Gasteiger partial charge in [0.2, 0.25) is 5.78 Å². The smallest absolute Gasteiger partial charge is 0.259 e. The van der Waals surface area contributed by atoms with Gasteiger partial charge in [-0.1, -0.05) is 0 Å². The van der Waals surface area contributed by atoms with Crippen LogP contribution in [0.3, 0.4) is 0 Å². The fourth-order valence-electron chi connectivity index (χ4n) is 2.71. The molecule has 0 bridgehead atoms. The predicted octanol–water partition coefficient (Wildman–Crippen LogP) is 2.58. The van der Waals surface area contributed by atoms with E-state index >= 15 is 0 Å². The van der Waals surface area contributed by atoms with Crippen LogP contribution in [-0.4, -0.2) is 24.7 Å². The van der Waals surface area contributed by atoms with Crippen LogP contribution in [0.2, 0.25) is 0 Å². The normalized spacial score (nSPS) is 11.0. The van der Waals surface area contributed by atoms with Crippen molar-refractivity contribution in [3.8, 4) is 11.3 Å². The molecule has 3 heterocycles. The maximum atomic E-state index is 13.0. The van der Waals surface area contributed by atoms with E-state index in [0.29, 0.717) is 17.0 Å². The largest absolute Gasteiger partial charge is 0.309 e. The zero-order valence-electron chi connectivity index (χ0n) is 13.5. The minimum Gasteiger partial charge on any atom is -0.309 e. The van der Waals surface area contributed by atoms with Crippen molar-refractivity contribution >= 4 is 11.6 Å². The number of carbonyl (C=O) groups is 1. The van der Waals surface area contributed by atoms with Crippen LogP contribution >= 0.6 is 0 Å². The summed E-state index contributed by atoms with van der Waals surface area (Å²) >= 11 is 0. The number of imidazole rings is 1. The molecule has 0 amide bonds. The van der Waals surface area contributed by atoms with E-state index in [9.17, 15) is 14.0 Å². The van der Waals surface area contributed by atoms with Gasteiger partial charge in [0.1, 0.15) is 5.82 Å². The number of halogens is 1. The Bertz CT molecular complexity index is 1150. The maximum absolute atomic E-state index is 13.0. The Morgan fingerprint density at radius 2 is 1.77 bits per heavy atom. The van der Waals surface area contributed by atoms with Crippen molar-refractivity contribution in [3.05, 3.63) is 89.0 Å². The molecule has 0 saturated carbocycles. The lowest BCUT2D eigenvalue weighted by Gasteiger charge is -2.06. The van der Waals surface area contributed by atoms with Crippen LogP contribution in [0.25, 0.3) is 17.0 Å². The first kappa shape index (κ1) is 15.9. The number of carbonyl (C=O) groups excluding carboxylic acids is 1. The fourth-order valence-corrected chi connectivity index (χ4v) is 2.71. The predicted molar refractivity (Wildman–Crippen MR) is 93.4 cm³/mol. The molecule has 0 aliphatic rings. The van der Waals surface area contributed by atoms with Crippen molar-refractivity contribution in [2.24, 2.45) is 0 Å². The van der Waals surface area contributed by atoms with Crippen molar-refractivity contribution in [2.45, 2.75) is 6.54 Å². The van der Waals surface area contributed by atoms with Gasteiger partial charge in [0.25, 0.3) is 5.56 Å². The van der Waals surface area contributed by atoms with E-state index in [0.717, 1.165) is 5.56 Å². The summed E-state index contributed by atoms with van der Waals surface area (Å²) in [6.45, 7) is -0.00558. The van der Waals surface area contributed by atoms with Crippen molar-refractivity contribution in [2.75, 3.05) is 0 Å². The molecule has 26 heavy (non-hydrogen) atoms. The standard InChI is InChI=1S/C19H13FN4O2/c20-15-3-1-14(2-4-15)17(25)12-23-9-10-24-18(26)11-16(22-19(23)24)13-5-7-21-8-6-13/h1-11H,12H2.